The topological polar surface area (TPSA) is 90.1 Å². The first-order chi connectivity index (χ1) is 12.1. The highest BCUT2D eigenvalue weighted by atomic mass is 16.5. The van der Waals surface area contributed by atoms with Crippen molar-refractivity contribution in [1.29, 1.82) is 5.41 Å². The summed E-state index contributed by atoms with van der Waals surface area (Å²) >= 11 is 0. The fourth-order valence-electron chi connectivity index (χ4n) is 3.73. The maximum Gasteiger partial charge on any atom is 0.324 e. The summed E-state index contributed by atoms with van der Waals surface area (Å²) in [5, 5.41) is 18.5. The van der Waals surface area contributed by atoms with Crippen LogP contribution in [0, 0.1) is 17.2 Å². The van der Waals surface area contributed by atoms with E-state index in [-0.39, 0.29) is 6.04 Å². The summed E-state index contributed by atoms with van der Waals surface area (Å²) in [5.41, 5.74) is 2.65. The van der Waals surface area contributed by atoms with Crippen LogP contribution in [-0.2, 0) is 0 Å². The van der Waals surface area contributed by atoms with Crippen molar-refractivity contribution in [2.24, 2.45) is 11.8 Å². The van der Waals surface area contributed by atoms with Gasteiger partial charge in [-0.2, -0.15) is 4.98 Å². The average molecular weight is 340 g/mol. The van der Waals surface area contributed by atoms with Crippen LogP contribution in [0.1, 0.15) is 19.4 Å². The van der Waals surface area contributed by atoms with E-state index >= 15 is 0 Å². The summed E-state index contributed by atoms with van der Waals surface area (Å²) in [6, 6.07) is 6.72. The zero-order chi connectivity index (χ0) is 17.4. The van der Waals surface area contributed by atoms with E-state index in [4.69, 9.17) is 9.93 Å². The molecule has 25 heavy (non-hydrogen) atoms. The summed E-state index contributed by atoms with van der Waals surface area (Å²) in [7, 11) is 0. The number of rotatable bonds is 5. The second kappa shape index (κ2) is 6.48. The van der Waals surface area contributed by atoms with Gasteiger partial charge >= 0.3 is 6.01 Å². The van der Waals surface area contributed by atoms with Crippen LogP contribution >= 0.6 is 0 Å². The molecule has 4 rings (SSSR count). The molecule has 1 aromatic carbocycles. The van der Waals surface area contributed by atoms with E-state index in [0.717, 1.165) is 43.0 Å². The standard InChI is InChI=1S/C18H24N6O/c1-11(2)21-16-5-12(3-4-13(16)6-19)17-22-18(25-23-17)24-9-14-7-20-8-15(14)10-24/h3-6,11,14-15,19-21H,7-10H2,1-2H3. The summed E-state index contributed by atoms with van der Waals surface area (Å²) in [6.07, 6.45) is 1.35. The van der Waals surface area contributed by atoms with Gasteiger partial charge in [-0.15, -0.1) is 0 Å². The van der Waals surface area contributed by atoms with Crippen LogP contribution < -0.4 is 15.5 Å². The van der Waals surface area contributed by atoms with E-state index in [0.29, 0.717) is 23.7 Å². The Morgan fingerprint density at radius 1 is 1.32 bits per heavy atom. The summed E-state index contributed by atoms with van der Waals surface area (Å²) < 4.78 is 5.52. The Morgan fingerprint density at radius 2 is 2.08 bits per heavy atom. The molecule has 0 saturated carbocycles. The molecule has 3 heterocycles. The Labute approximate surface area is 147 Å². The molecule has 7 nitrogen and oxygen atoms in total. The Kier molecular flexibility index (Phi) is 4.17. The van der Waals surface area contributed by atoms with Crippen molar-refractivity contribution in [3.8, 4) is 11.4 Å². The quantitative estimate of drug-likeness (QED) is 0.723. The van der Waals surface area contributed by atoms with Gasteiger partial charge in [-0.3, -0.25) is 0 Å². The molecule has 1 aromatic heterocycles. The normalized spacial score (nSPS) is 22.4. The molecule has 2 aromatic rings. The molecule has 0 aliphatic carbocycles. The van der Waals surface area contributed by atoms with Crippen LogP contribution in [0.4, 0.5) is 11.7 Å². The van der Waals surface area contributed by atoms with Crippen LogP contribution in [0.5, 0.6) is 0 Å². The average Bonchev–Trinajstić information content (AvgIpc) is 3.29. The SMILES string of the molecule is CC(C)Nc1cc(-c2noc(N3CC4CNCC4C3)n2)ccc1C=N. The lowest BCUT2D eigenvalue weighted by Gasteiger charge is -2.13. The van der Waals surface area contributed by atoms with Gasteiger partial charge in [-0.05, 0) is 31.7 Å². The molecule has 2 aliphatic rings. The third-order valence-electron chi connectivity index (χ3n) is 4.99. The lowest BCUT2D eigenvalue weighted by Crippen LogP contribution is -2.25. The van der Waals surface area contributed by atoms with Crippen molar-refractivity contribution < 1.29 is 4.52 Å². The van der Waals surface area contributed by atoms with E-state index in [1.807, 2.05) is 18.2 Å². The number of nitrogens with zero attached hydrogens (tertiary/aromatic N) is 3. The molecule has 132 valence electrons. The van der Waals surface area contributed by atoms with Crippen molar-refractivity contribution in [2.75, 3.05) is 36.4 Å². The number of anilines is 2. The van der Waals surface area contributed by atoms with Crippen molar-refractivity contribution in [2.45, 2.75) is 19.9 Å². The lowest BCUT2D eigenvalue weighted by atomic mass is 10.0. The molecule has 0 spiro atoms. The largest absolute Gasteiger partial charge is 0.382 e. The zero-order valence-electron chi connectivity index (χ0n) is 14.6. The highest BCUT2D eigenvalue weighted by Gasteiger charge is 2.38. The van der Waals surface area contributed by atoms with Gasteiger partial charge in [0.1, 0.15) is 0 Å². The van der Waals surface area contributed by atoms with Crippen LogP contribution in [0.2, 0.25) is 0 Å². The van der Waals surface area contributed by atoms with Gasteiger partial charge in [0.15, 0.2) is 0 Å². The number of fused-ring (bicyclic) bond motifs is 1. The van der Waals surface area contributed by atoms with E-state index in [1.165, 1.54) is 6.21 Å². The van der Waals surface area contributed by atoms with Crippen molar-refractivity contribution >= 4 is 17.9 Å². The Balaban J connectivity index is 1.56. The van der Waals surface area contributed by atoms with E-state index in [1.54, 1.807) is 0 Å². The van der Waals surface area contributed by atoms with Crippen molar-refractivity contribution in [3.05, 3.63) is 23.8 Å². The molecule has 0 radical (unpaired) electrons. The fourth-order valence-corrected chi connectivity index (χ4v) is 3.73. The van der Waals surface area contributed by atoms with Crippen LogP contribution in [0.3, 0.4) is 0 Å². The predicted molar refractivity (Wildman–Crippen MR) is 98.4 cm³/mol. The monoisotopic (exact) mass is 340 g/mol. The molecule has 3 N–H and O–H groups in total. The van der Waals surface area contributed by atoms with Gasteiger partial charge < -0.3 is 25.5 Å². The van der Waals surface area contributed by atoms with E-state index < -0.39 is 0 Å². The number of nitrogens with one attached hydrogen (secondary N) is 3. The molecule has 2 unspecified atom stereocenters. The zero-order valence-corrected chi connectivity index (χ0v) is 14.6. The van der Waals surface area contributed by atoms with E-state index in [9.17, 15) is 0 Å². The fraction of sp³-hybridized carbons (Fsp3) is 0.500. The Hall–Kier alpha value is -2.41. The van der Waals surface area contributed by atoms with Crippen LogP contribution in [0.25, 0.3) is 11.4 Å². The van der Waals surface area contributed by atoms with Gasteiger partial charge in [0, 0.05) is 55.2 Å². The third-order valence-corrected chi connectivity index (χ3v) is 4.99. The molecule has 0 bridgehead atoms. The molecule has 0 amide bonds. The van der Waals surface area contributed by atoms with Crippen LogP contribution in [-0.4, -0.2) is 48.6 Å². The minimum atomic E-state index is 0.285. The van der Waals surface area contributed by atoms with Gasteiger partial charge in [0.05, 0.1) is 0 Å². The highest BCUT2D eigenvalue weighted by Crippen LogP contribution is 2.31. The number of benzene rings is 1. The first-order valence-electron chi connectivity index (χ1n) is 8.85. The summed E-state index contributed by atoms with van der Waals surface area (Å²) in [5.74, 6) is 1.96. The second-order valence-electron chi connectivity index (χ2n) is 7.23. The smallest absolute Gasteiger partial charge is 0.324 e. The lowest BCUT2D eigenvalue weighted by molar-refractivity contribution is 0.417. The van der Waals surface area contributed by atoms with Gasteiger partial charge in [0.2, 0.25) is 5.82 Å². The maximum atomic E-state index is 7.56. The van der Waals surface area contributed by atoms with Gasteiger partial charge in [-0.1, -0.05) is 17.3 Å². The molecule has 2 atom stereocenters. The second-order valence-corrected chi connectivity index (χ2v) is 7.23. The molecular weight excluding hydrogens is 316 g/mol. The first kappa shape index (κ1) is 16.1. The minimum absolute atomic E-state index is 0.285. The Bertz CT molecular complexity index is 759. The number of hydrogen-bond donors (Lipinski definition) is 3. The van der Waals surface area contributed by atoms with Gasteiger partial charge in [-0.25, -0.2) is 0 Å². The Morgan fingerprint density at radius 3 is 2.76 bits per heavy atom. The highest BCUT2D eigenvalue weighted by molar-refractivity contribution is 5.87. The maximum absolute atomic E-state index is 7.56. The summed E-state index contributed by atoms with van der Waals surface area (Å²) in [6.45, 7) is 8.27. The molecule has 2 aliphatic heterocycles. The van der Waals surface area contributed by atoms with Gasteiger partial charge in [0.25, 0.3) is 0 Å². The minimum Gasteiger partial charge on any atom is -0.382 e. The summed E-state index contributed by atoms with van der Waals surface area (Å²) in [4.78, 5) is 6.81. The predicted octanol–water partition coefficient (Wildman–Crippen LogP) is 2.21. The van der Waals surface area contributed by atoms with Crippen molar-refractivity contribution in [3.63, 3.8) is 0 Å². The van der Waals surface area contributed by atoms with E-state index in [2.05, 4.69) is 39.5 Å². The molecular formula is C18H24N6O. The molecule has 7 heteroatoms. The third kappa shape index (κ3) is 3.11. The molecule has 2 fully saturated rings. The van der Waals surface area contributed by atoms with Crippen molar-refractivity contribution in [1.82, 2.24) is 15.5 Å². The first-order valence-corrected chi connectivity index (χ1v) is 8.85. The number of aromatic nitrogens is 2. The van der Waals surface area contributed by atoms with Crippen LogP contribution in [0.15, 0.2) is 22.7 Å². The molecule has 2 saturated heterocycles. The number of hydrogen-bond acceptors (Lipinski definition) is 7.